The van der Waals surface area contributed by atoms with Crippen LogP contribution in [-0.4, -0.2) is 24.6 Å². The predicted molar refractivity (Wildman–Crippen MR) is 123 cm³/mol. The number of hydrazone groups is 1. The summed E-state index contributed by atoms with van der Waals surface area (Å²) in [5, 5.41) is 7.29. The fourth-order valence-corrected chi connectivity index (χ4v) is 2.96. The zero-order chi connectivity index (χ0) is 22.2. The van der Waals surface area contributed by atoms with E-state index >= 15 is 0 Å². The van der Waals surface area contributed by atoms with Gasteiger partial charge in [-0.1, -0.05) is 41.9 Å². The van der Waals surface area contributed by atoms with E-state index in [2.05, 4.69) is 15.8 Å². The second-order valence-electron chi connectivity index (χ2n) is 6.83. The number of nitrogens with one attached hydrogen (secondary N) is 2. The summed E-state index contributed by atoms with van der Waals surface area (Å²) in [5.74, 6) is -0.212. The van der Waals surface area contributed by atoms with Gasteiger partial charge in [0.15, 0.2) is 6.61 Å². The van der Waals surface area contributed by atoms with E-state index < -0.39 is 0 Å². The van der Waals surface area contributed by atoms with E-state index in [0.717, 1.165) is 16.8 Å². The standard InChI is InChI=1S/C24H22ClN3O3/c1-16-7-6-10-21(17(16)2)27-23(29)15-31-22-12-11-20(25)13-19(22)14-26-28-24(30)18-8-4-3-5-9-18/h3-14H,15H2,1-2H3,(H,27,29)(H,28,30)/b26-14+. The van der Waals surface area contributed by atoms with E-state index in [0.29, 0.717) is 21.9 Å². The van der Waals surface area contributed by atoms with Crippen molar-refractivity contribution in [3.05, 3.63) is 94.0 Å². The van der Waals surface area contributed by atoms with Gasteiger partial charge < -0.3 is 10.1 Å². The summed E-state index contributed by atoms with van der Waals surface area (Å²) >= 11 is 6.07. The number of rotatable bonds is 7. The maximum absolute atomic E-state index is 12.3. The Kier molecular flexibility index (Phi) is 7.40. The Bertz CT molecular complexity index is 1110. The molecule has 3 rings (SSSR count). The van der Waals surface area contributed by atoms with Gasteiger partial charge in [0.25, 0.3) is 11.8 Å². The highest BCUT2D eigenvalue weighted by Gasteiger charge is 2.10. The molecule has 0 heterocycles. The Labute approximate surface area is 185 Å². The second kappa shape index (κ2) is 10.4. The van der Waals surface area contributed by atoms with Gasteiger partial charge in [-0.25, -0.2) is 5.43 Å². The summed E-state index contributed by atoms with van der Waals surface area (Å²) in [6.45, 7) is 3.74. The van der Waals surface area contributed by atoms with Crippen molar-refractivity contribution in [1.29, 1.82) is 0 Å². The van der Waals surface area contributed by atoms with Crippen LogP contribution in [0.4, 0.5) is 5.69 Å². The van der Waals surface area contributed by atoms with Crippen molar-refractivity contribution in [3.8, 4) is 5.75 Å². The number of halogens is 1. The molecule has 0 atom stereocenters. The number of benzene rings is 3. The van der Waals surface area contributed by atoms with Crippen molar-refractivity contribution < 1.29 is 14.3 Å². The topological polar surface area (TPSA) is 79.8 Å². The number of anilines is 1. The van der Waals surface area contributed by atoms with Gasteiger partial charge in [-0.2, -0.15) is 5.10 Å². The largest absolute Gasteiger partial charge is 0.483 e. The Morgan fingerprint density at radius 1 is 1.03 bits per heavy atom. The highest BCUT2D eigenvalue weighted by Crippen LogP contribution is 2.22. The van der Waals surface area contributed by atoms with Crippen molar-refractivity contribution in [2.24, 2.45) is 5.10 Å². The molecule has 0 aliphatic heterocycles. The zero-order valence-electron chi connectivity index (χ0n) is 17.2. The summed E-state index contributed by atoms with van der Waals surface area (Å²) in [7, 11) is 0. The molecule has 0 radical (unpaired) electrons. The first-order chi connectivity index (χ1) is 14.9. The first-order valence-corrected chi connectivity index (χ1v) is 9.98. The van der Waals surface area contributed by atoms with E-state index in [9.17, 15) is 9.59 Å². The lowest BCUT2D eigenvalue weighted by molar-refractivity contribution is -0.118. The maximum atomic E-state index is 12.3. The highest BCUT2D eigenvalue weighted by atomic mass is 35.5. The fraction of sp³-hybridized carbons (Fsp3) is 0.125. The number of ether oxygens (including phenoxy) is 1. The number of carbonyl (C=O) groups excluding carboxylic acids is 2. The molecule has 0 aromatic heterocycles. The summed E-state index contributed by atoms with van der Waals surface area (Å²) in [6.07, 6.45) is 1.42. The van der Waals surface area contributed by atoms with E-state index in [1.54, 1.807) is 42.5 Å². The van der Waals surface area contributed by atoms with Gasteiger partial charge >= 0.3 is 0 Å². The molecule has 0 unspecified atom stereocenters. The van der Waals surface area contributed by atoms with E-state index in [-0.39, 0.29) is 18.4 Å². The molecule has 2 amide bonds. The van der Waals surface area contributed by atoms with Crippen LogP contribution < -0.4 is 15.5 Å². The maximum Gasteiger partial charge on any atom is 0.271 e. The number of carbonyl (C=O) groups is 2. The van der Waals surface area contributed by atoms with Crippen LogP contribution in [0.5, 0.6) is 5.75 Å². The third-order valence-corrected chi connectivity index (χ3v) is 4.85. The summed E-state index contributed by atoms with van der Waals surface area (Å²) in [4.78, 5) is 24.4. The van der Waals surface area contributed by atoms with Crippen LogP contribution >= 0.6 is 11.6 Å². The van der Waals surface area contributed by atoms with Crippen LogP contribution in [0.2, 0.25) is 5.02 Å². The fourth-order valence-electron chi connectivity index (χ4n) is 2.78. The molecule has 0 aliphatic carbocycles. The Morgan fingerprint density at radius 3 is 2.58 bits per heavy atom. The molecule has 2 N–H and O–H groups in total. The monoisotopic (exact) mass is 435 g/mol. The van der Waals surface area contributed by atoms with Crippen molar-refractivity contribution in [3.63, 3.8) is 0 Å². The van der Waals surface area contributed by atoms with Gasteiger partial charge in [0.05, 0.1) is 6.21 Å². The Hall–Kier alpha value is -3.64. The van der Waals surface area contributed by atoms with E-state index in [1.807, 2.05) is 38.1 Å². The molecule has 7 heteroatoms. The highest BCUT2D eigenvalue weighted by molar-refractivity contribution is 6.30. The molecule has 158 valence electrons. The average molecular weight is 436 g/mol. The van der Waals surface area contributed by atoms with Crippen molar-refractivity contribution >= 4 is 35.3 Å². The molecule has 0 saturated heterocycles. The SMILES string of the molecule is Cc1cccc(NC(=O)COc2ccc(Cl)cc2/C=N/NC(=O)c2ccccc2)c1C. The molecule has 0 saturated carbocycles. The summed E-state index contributed by atoms with van der Waals surface area (Å²) in [5.41, 5.74) is 6.31. The number of hydrogen-bond acceptors (Lipinski definition) is 4. The average Bonchev–Trinajstić information content (AvgIpc) is 2.77. The predicted octanol–water partition coefficient (Wildman–Crippen LogP) is 4.74. The smallest absolute Gasteiger partial charge is 0.271 e. The minimum atomic E-state index is -0.339. The van der Waals surface area contributed by atoms with Crippen LogP contribution in [0, 0.1) is 13.8 Å². The molecular weight excluding hydrogens is 414 g/mol. The Morgan fingerprint density at radius 2 is 1.81 bits per heavy atom. The lowest BCUT2D eigenvalue weighted by atomic mass is 10.1. The van der Waals surface area contributed by atoms with Gasteiger partial charge in [0.1, 0.15) is 5.75 Å². The van der Waals surface area contributed by atoms with E-state index in [4.69, 9.17) is 16.3 Å². The second-order valence-corrected chi connectivity index (χ2v) is 7.27. The summed E-state index contributed by atoms with van der Waals surface area (Å²) in [6, 6.07) is 19.4. The third kappa shape index (κ3) is 6.17. The minimum Gasteiger partial charge on any atom is -0.483 e. The van der Waals surface area contributed by atoms with Gasteiger partial charge in [0, 0.05) is 21.8 Å². The first kappa shape index (κ1) is 22.1. The molecule has 31 heavy (non-hydrogen) atoms. The van der Waals surface area contributed by atoms with Gasteiger partial charge in [-0.05, 0) is 61.4 Å². The molecule has 3 aromatic rings. The number of hydrogen-bond donors (Lipinski definition) is 2. The van der Waals surface area contributed by atoms with Crippen LogP contribution in [-0.2, 0) is 4.79 Å². The van der Waals surface area contributed by atoms with Gasteiger partial charge in [-0.3, -0.25) is 9.59 Å². The van der Waals surface area contributed by atoms with Crippen molar-refractivity contribution in [1.82, 2.24) is 5.43 Å². The van der Waals surface area contributed by atoms with Crippen LogP contribution in [0.25, 0.3) is 0 Å². The lowest BCUT2D eigenvalue weighted by Gasteiger charge is -2.12. The van der Waals surface area contributed by atoms with Crippen LogP contribution in [0.3, 0.4) is 0 Å². The molecule has 6 nitrogen and oxygen atoms in total. The van der Waals surface area contributed by atoms with E-state index in [1.165, 1.54) is 6.21 Å². The summed E-state index contributed by atoms with van der Waals surface area (Å²) < 4.78 is 5.66. The first-order valence-electron chi connectivity index (χ1n) is 9.61. The molecule has 0 fully saturated rings. The lowest BCUT2D eigenvalue weighted by Crippen LogP contribution is -2.21. The number of amides is 2. The normalized spacial score (nSPS) is 10.7. The molecule has 0 aliphatic rings. The molecule has 3 aromatic carbocycles. The van der Waals surface area contributed by atoms with Gasteiger partial charge in [0.2, 0.25) is 0 Å². The molecular formula is C24H22ClN3O3. The van der Waals surface area contributed by atoms with Crippen molar-refractivity contribution in [2.75, 3.05) is 11.9 Å². The quantitative estimate of drug-likeness (QED) is 0.415. The van der Waals surface area contributed by atoms with Crippen LogP contribution in [0.1, 0.15) is 27.0 Å². The molecule has 0 bridgehead atoms. The van der Waals surface area contributed by atoms with Crippen LogP contribution in [0.15, 0.2) is 71.8 Å². The Balaban J connectivity index is 1.63. The minimum absolute atomic E-state index is 0.188. The number of nitrogens with zero attached hydrogens (tertiary/aromatic N) is 1. The van der Waals surface area contributed by atoms with Gasteiger partial charge in [-0.15, -0.1) is 0 Å². The number of aryl methyl sites for hydroxylation is 1. The third-order valence-electron chi connectivity index (χ3n) is 4.62. The zero-order valence-corrected chi connectivity index (χ0v) is 17.9. The van der Waals surface area contributed by atoms with Crippen molar-refractivity contribution in [2.45, 2.75) is 13.8 Å². The molecule has 0 spiro atoms.